The zero-order valence-corrected chi connectivity index (χ0v) is 11.9. The number of nitrogens with one attached hydrogen (secondary N) is 1. The maximum absolute atomic E-state index is 4.48. The molecule has 2 heterocycles. The molecule has 1 saturated heterocycles. The van der Waals surface area contributed by atoms with E-state index in [4.69, 9.17) is 0 Å². The molecule has 104 valence electrons. The van der Waals surface area contributed by atoms with E-state index in [1.807, 2.05) is 6.20 Å². The molecular weight excluding hydrogens is 234 g/mol. The molecule has 0 aromatic carbocycles. The molecule has 3 heteroatoms. The summed E-state index contributed by atoms with van der Waals surface area (Å²) in [5, 5.41) is 3.25. The summed E-state index contributed by atoms with van der Waals surface area (Å²) in [7, 11) is 0. The lowest BCUT2D eigenvalue weighted by Gasteiger charge is -2.31. The predicted octanol–water partition coefficient (Wildman–Crippen LogP) is 3.28. The van der Waals surface area contributed by atoms with Crippen LogP contribution in [-0.2, 0) is 6.54 Å². The lowest BCUT2D eigenvalue weighted by molar-refractivity contribution is 0.176. The van der Waals surface area contributed by atoms with Gasteiger partial charge in [-0.25, -0.2) is 4.98 Å². The number of nitrogens with zero attached hydrogens (tertiary/aromatic N) is 2. The molecule has 1 aromatic rings. The standard InChI is InChI=1S/C16H25N3/c1-2-17-16-8-7-13(11-18-16)12-19-10-9-14-5-3-4-6-15(14)19/h7-8,11,14-15H,2-6,9-10,12H2,1H3,(H,17,18). The van der Waals surface area contributed by atoms with Crippen LogP contribution in [0.1, 0.15) is 44.6 Å². The van der Waals surface area contributed by atoms with Crippen molar-refractivity contribution in [2.24, 2.45) is 5.92 Å². The summed E-state index contributed by atoms with van der Waals surface area (Å²) in [4.78, 5) is 7.16. The lowest BCUT2D eigenvalue weighted by Crippen LogP contribution is -2.34. The van der Waals surface area contributed by atoms with Crippen LogP contribution in [-0.4, -0.2) is 29.0 Å². The molecule has 0 bridgehead atoms. The summed E-state index contributed by atoms with van der Waals surface area (Å²) in [6.07, 6.45) is 9.19. The van der Waals surface area contributed by atoms with Gasteiger partial charge in [-0.2, -0.15) is 0 Å². The van der Waals surface area contributed by atoms with Gasteiger partial charge in [0.1, 0.15) is 5.82 Å². The maximum atomic E-state index is 4.48. The Morgan fingerprint density at radius 2 is 2.16 bits per heavy atom. The zero-order valence-electron chi connectivity index (χ0n) is 11.9. The SMILES string of the molecule is CCNc1ccc(CN2CCC3CCCCC32)cn1. The van der Waals surface area contributed by atoms with Crippen molar-refractivity contribution in [3.8, 4) is 0 Å². The van der Waals surface area contributed by atoms with Crippen LogP contribution in [0.2, 0.25) is 0 Å². The van der Waals surface area contributed by atoms with Crippen LogP contribution >= 0.6 is 0 Å². The molecule has 3 nitrogen and oxygen atoms in total. The second kappa shape index (κ2) is 5.91. The average molecular weight is 259 g/mol. The van der Waals surface area contributed by atoms with Crippen LogP contribution in [0.5, 0.6) is 0 Å². The molecule has 0 radical (unpaired) electrons. The summed E-state index contributed by atoms with van der Waals surface area (Å²) in [5.41, 5.74) is 1.35. The van der Waals surface area contributed by atoms with Gasteiger partial charge < -0.3 is 5.32 Å². The van der Waals surface area contributed by atoms with Gasteiger partial charge in [-0.05, 0) is 50.3 Å². The lowest BCUT2D eigenvalue weighted by atomic mass is 9.85. The first-order valence-electron chi connectivity index (χ1n) is 7.79. The van der Waals surface area contributed by atoms with E-state index in [1.54, 1.807) is 0 Å². The zero-order chi connectivity index (χ0) is 13.1. The average Bonchev–Trinajstić information content (AvgIpc) is 2.85. The Hall–Kier alpha value is -1.09. The second-order valence-electron chi connectivity index (χ2n) is 5.95. The molecule has 0 amide bonds. The third-order valence-corrected chi connectivity index (χ3v) is 4.69. The van der Waals surface area contributed by atoms with Gasteiger partial charge in [0.05, 0.1) is 0 Å². The van der Waals surface area contributed by atoms with Crippen molar-refractivity contribution in [3.05, 3.63) is 23.9 Å². The number of hydrogen-bond acceptors (Lipinski definition) is 3. The Bertz CT molecular complexity index is 401. The molecule has 1 aromatic heterocycles. The minimum absolute atomic E-state index is 0.849. The van der Waals surface area contributed by atoms with Gasteiger partial charge in [0.15, 0.2) is 0 Å². The number of likely N-dealkylation sites (tertiary alicyclic amines) is 1. The molecule has 2 aliphatic rings. The number of pyridine rings is 1. The van der Waals surface area contributed by atoms with Crippen LogP contribution in [0, 0.1) is 5.92 Å². The molecule has 1 saturated carbocycles. The quantitative estimate of drug-likeness (QED) is 0.899. The summed E-state index contributed by atoms with van der Waals surface area (Å²) in [6, 6.07) is 5.18. The normalized spacial score (nSPS) is 27.2. The minimum atomic E-state index is 0.849. The Morgan fingerprint density at radius 3 is 2.95 bits per heavy atom. The van der Waals surface area contributed by atoms with Gasteiger partial charge in [-0.3, -0.25) is 4.90 Å². The minimum Gasteiger partial charge on any atom is -0.370 e. The van der Waals surface area contributed by atoms with E-state index in [0.717, 1.165) is 30.9 Å². The monoisotopic (exact) mass is 259 g/mol. The Morgan fingerprint density at radius 1 is 1.26 bits per heavy atom. The molecular formula is C16H25N3. The van der Waals surface area contributed by atoms with E-state index in [9.17, 15) is 0 Å². The molecule has 1 aliphatic carbocycles. The van der Waals surface area contributed by atoms with Gasteiger partial charge >= 0.3 is 0 Å². The predicted molar refractivity (Wildman–Crippen MR) is 79.2 cm³/mol. The highest BCUT2D eigenvalue weighted by Crippen LogP contribution is 2.36. The van der Waals surface area contributed by atoms with Gasteiger partial charge in [0.25, 0.3) is 0 Å². The van der Waals surface area contributed by atoms with Gasteiger partial charge in [0, 0.05) is 25.3 Å². The smallest absolute Gasteiger partial charge is 0.125 e. The number of fused-ring (bicyclic) bond motifs is 1. The maximum Gasteiger partial charge on any atom is 0.125 e. The van der Waals surface area contributed by atoms with Crippen LogP contribution in [0.4, 0.5) is 5.82 Å². The van der Waals surface area contributed by atoms with Gasteiger partial charge in [-0.15, -0.1) is 0 Å². The highest BCUT2D eigenvalue weighted by molar-refractivity contribution is 5.35. The molecule has 19 heavy (non-hydrogen) atoms. The van der Waals surface area contributed by atoms with Gasteiger partial charge in [0.2, 0.25) is 0 Å². The van der Waals surface area contributed by atoms with E-state index in [-0.39, 0.29) is 0 Å². The number of aromatic nitrogens is 1. The van der Waals surface area contributed by atoms with Crippen molar-refractivity contribution < 1.29 is 0 Å². The number of anilines is 1. The number of rotatable bonds is 4. The van der Waals surface area contributed by atoms with E-state index in [2.05, 4.69) is 34.3 Å². The van der Waals surface area contributed by atoms with E-state index < -0.39 is 0 Å². The molecule has 2 unspecified atom stereocenters. The fourth-order valence-corrected chi connectivity index (χ4v) is 3.74. The Balaban J connectivity index is 1.61. The van der Waals surface area contributed by atoms with Gasteiger partial charge in [-0.1, -0.05) is 18.9 Å². The molecule has 2 fully saturated rings. The fourth-order valence-electron chi connectivity index (χ4n) is 3.74. The first-order valence-corrected chi connectivity index (χ1v) is 7.79. The summed E-state index contributed by atoms with van der Waals surface area (Å²) >= 11 is 0. The molecule has 1 N–H and O–H groups in total. The Labute approximate surface area is 116 Å². The van der Waals surface area contributed by atoms with Crippen molar-refractivity contribution in [2.45, 2.75) is 51.6 Å². The fraction of sp³-hybridized carbons (Fsp3) is 0.688. The first kappa shape index (κ1) is 12.9. The largest absolute Gasteiger partial charge is 0.370 e. The van der Waals surface area contributed by atoms with E-state index >= 15 is 0 Å². The molecule has 1 aliphatic heterocycles. The Kier molecular flexibility index (Phi) is 4.02. The van der Waals surface area contributed by atoms with Crippen molar-refractivity contribution in [2.75, 3.05) is 18.4 Å². The molecule has 3 rings (SSSR count). The summed E-state index contributed by atoms with van der Waals surface area (Å²) in [5.74, 6) is 1.96. The van der Waals surface area contributed by atoms with Crippen molar-refractivity contribution >= 4 is 5.82 Å². The topological polar surface area (TPSA) is 28.2 Å². The van der Waals surface area contributed by atoms with Crippen LogP contribution < -0.4 is 5.32 Å². The van der Waals surface area contributed by atoms with Crippen molar-refractivity contribution in [1.82, 2.24) is 9.88 Å². The highest BCUT2D eigenvalue weighted by Gasteiger charge is 2.35. The van der Waals surface area contributed by atoms with Crippen LogP contribution in [0.15, 0.2) is 18.3 Å². The van der Waals surface area contributed by atoms with E-state index in [1.165, 1.54) is 44.2 Å². The van der Waals surface area contributed by atoms with Crippen LogP contribution in [0.3, 0.4) is 0 Å². The number of hydrogen-bond donors (Lipinski definition) is 1. The third-order valence-electron chi connectivity index (χ3n) is 4.69. The highest BCUT2D eigenvalue weighted by atomic mass is 15.2. The second-order valence-corrected chi connectivity index (χ2v) is 5.95. The third kappa shape index (κ3) is 2.92. The first-order chi connectivity index (χ1) is 9.36. The summed E-state index contributed by atoms with van der Waals surface area (Å²) in [6.45, 7) is 5.40. The van der Waals surface area contributed by atoms with E-state index in [0.29, 0.717) is 0 Å². The molecule has 0 spiro atoms. The van der Waals surface area contributed by atoms with Crippen LogP contribution in [0.25, 0.3) is 0 Å². The molecule has 2 atom stereocenters. The summed E-state index contributed by atoms with van der Waals surface area (Å²) < 4.78 is 0. The van der Waals surface area contributed by atoms with Crippen molar-refractivity contribution in [1.29, 1.82) is 0 Å². The van der Waals surface area contributed by atoms with Crippen molar-refractivity contribution in [3.63, 3.8) is 0 Å².